The van der Waals surface area contributed by atoms with Crippen molar-refractivity contribution in [2.24, 2.45) is 0 Å². The molecule has 2 aromatic carbocycles. The van der Waals surface area contributed by atoms with Gasteiger partial charge in [0.2, 0.25) is 0 Å². The molecule has 0 bridgehead atoms. The van der Waals surface area contributed by atoms with Crippen LogP contribution in [0, 0.1) is 13.5 Å². The predicted octanol–water partition coefficient (Wildman–Crippen LogP) is 5.85. The average molecular weight is 389 g/mol. The zero-order chi connectivity index (χ0) is 20.8. The fraction of sp³-hybridized carbons (Fsp3) is 0.375. The molecule has 3 rings (SSSR count). The van der Waals surface area contributed by atoms with Gasteiger partial charge in [0.1, 0.15) is 5.82 Å². The van der Waals surface area contributed by atoms with Gasteiger partial charge in [-0.15, -0.1) is 0 Å². The Bertz CT molecular complexity index is 1060. The Morgan fingerprint density at radius 2 is 2.03 bits per heavy atom. The standard InChI is InChI=1S/C24H27N3O2/c1-5-6-7-8-12-27-22-13-17(2)20(25-3)16-21(22)26-23(27)15-18-10-9-11-19(14-18)24(28)29-4/h9-11,13-14,16H,5-8,12,15H2,1-2,4H3. The van der Waals surface area contributed by atoms with Gasteiger partial charge in [-0.05, 0) is 48.7 Å². The van der Waals surface area contributed by atoms with Crippen molar-refractivity contribution in [1.29, 1.82) is 0 Å². The Balaban J connectivity index is 1.99. The second-order valence-corrected chi connectivity index (χ2v) is 7.35. The monoisotopic (exact) mass is 389 g/mol. The first-order valence-corrected chi connectivity index (χ1v) is 10.1. The minimum atomic E-state index is -0.336. The maximum absolute atomic E-state index is 11.9. The molecule has 29 heavy (non-hydrogen) atoms. The smallest absolute Gasteiger partial charge is 0.337 e. The van der Waals surface area contributed by atoms with Crippen LogP contribution in [0.1, 0.15) is 59.9 Å². The first-order valence-electron chi connectivity index (χ1n) is 10.1. The summed E-state index contributed by atoms with van der Waals surface area (Å²) in [5.41, 5.74) is 5.11. The molecule has 0 N–H and O–H groups in total. The van der Waals surface area contributed by atoms with E-state index >= 15 is 0 Å². The largest absolute Gasteiger partial charge is 0.465 e. The molecule has 0 atom stereocenters. The van der Waals surface area contributed by atoms with Crippen molar-refractivity contribution in [3.05, 3.63) is 70.3 Å². The van der Waals surface area contributed by atoms with Gasteiger partial charge in [0, 0.05) is 13.0 Å². The molecule has 0 aliphatic heterocycles. The number of ether oxygens (including phenoxy) is 1. The fourth-order valence-corrected chi connectivity index (χ4v) is 3.62. The SMILES string of the molecule is [C-]#[N+]c1cc2nc(Cc3cccc(C(=O)OC)c3)n(CCCCCC)c2cc1C. The molecule has 5 heteroatoms. The number of rotatable bonds is 8. The molecule has 0 aliphatic carbocycles. The molecule has 0 amide bonds. The minimum absolute atomic E-state index is 0.336. The van der Waals surface area contributed by atoms with Crippen LogP contribution in [0.5, 0.6) is 0 Å². The molecule has 0 fully saturated rings. The van der Waals surface area contributed by atoms with Crippen LogP contribution < -0.4 is 0 Å². The lowest BCUT2D eigenvalue weighted by Crippen LogP contribution is -2.06. The number of methoxy groups -OCH3 is 1. The van der Waals surface area contributed by atoms with Crippen LogP contribution in [0.15, 0.2) is 36.4 Å². The Labute approximate surface area is 172 Å². The van der Waals surface area contributed by atoms with Crippen molar-refractivity contribution >= 4 is 22.7 Å². The second kappa shape index (κ2) is 9.38. The molecule has 150 valence electrons. The van der Waals surface area contributed by atoms with Gasteiger partial charge in [0.15, 0.2) is 5.69 Å². The minimum Gasteiger partial charge on any atom is -0.465 e. The fourth-order valence-electron chi connectivity index (χ4n) is 3.62. The van der Waals surface area contributed by atoms with Crippen molar-refractivity contribution < 1.29 is 9.53 Å². The average Bonchev–Trinajstić information content (AvgIpc) is 3.06. The van der Waals surface area contributed by atoms with Gasteiger partial charge in [0.25, 0.3) is 0 Å². The third-order valence-corrected chi connectivity index (χ3v) is 5.21. The first kappa shape index (κ1) is 20.6. The molecular weight excluding hydrogens is 362 g/mol. The van der Waals surface area contributed by atoms with Crippen LogP contribution in [0.2, 0.25) is 0 Å². The molecule has 1 aromatic heterocycles. The molecule has 0 radical (unpaired) electrons. The molecule has 3 aromatic rings. The second-order valence-electron chi connectivity index (χ2n) is 7.35. The van der Waals surface area contributed by atoms with E-state index in [-0.39, 0.29) is 5.97 Å². The number of fused-ring (bicyclic) bond motifs is 1. The third-order valence-electron chi connectivity index (χ3n) is 5.21. The Morgan fingerprint density at radius 3 is 2.76 bits per heavy atom. The molecule has 5 nitrogen and oxygen atoms in total. The highest BCUT2D eigenvalue weighted by molar-refractivity contribution is 5.89. The van der Waals surface area contributed by atoms with E-state index in [0.29, 0.717) is 17.7 Å². The number of carbonyl (C=O) groups excluding carboxylic acids is 1. The number of aromatic nitrogens is 2. The summed E-state index contributed by atoms with van der Waals surface area (Å²) in [4.78, 5) is 20.3. The highest BCUT2D eigenvalue weighted by Crippen LogP contribution is 2.28. The number of esters is 1. The lowest BCUT2D eigenvalue weighted by molar-refractivity contribution is 0.0600. The predicted molar refractivity (Wildman–Crippen MR) is 115 cm³/mol. The highest BCUT2D eigenvalue weighted by atomic mass is 16.5. The normalized spacial score (nSPS) is 10.8. The maximum Gasteiger partial charge on any atom is 0.337 e. The summed E-state index contributed by atoms with van der Waals surface area (Å²) in [7, 11) is 1.39. The van der Waals surface area contributed by atoms with Crippen molar-refractivity contribution in [3.8, 4) is 0 Å². The van der Waals surface area contributed by atoms with E-state index < -0.39 is 0 Å². The summed E-state index contributed by atoms with van der Waals surface area (Å²) in [5.74, 6) is 0.622. The van der Waals surface area contributed by atoms with Gasteiger partial charge in [-0.2, -0.15) is 0 Å². The van der Waals surface area contributed by atoms with Crippen molar-refractivity contribution in [3.63, 3.8) is 0 Å². The van der Waals surface area contributed by atoms with Crippen LogP contribution in [0.4, 0.5) is 5.69 Å². The summed E-state index contributed by atoms with van der Waals surface area (Å²) >= 11 is 0. The Morgan fingerprint density at radius 1 is 1.21 bits per heavy atom. The van der Waals surface area contributed by atoms with Gasteiger partial charge in [-0.1, -0.05) is 38.3 Å². The molecule has 0 saturated heterocycles. The summed E-state index contributed by atoms with van der Waals surface area (Å²) < 4.78 is 7.11. The summed E-state index contributed by atoms with van der Waals surface area (Å²) in [6, 6.07) is 11.5. The summed E-state index contributed by atoms with van der Waals surface area (Å²) in [5, 5.41) is 0. The Hall–Kier alpha value is -3.13. The number of aryl methyl sites for hydroxylation is 2. The van der Waals surface area contributed by atoms with Crippen LogP contribution in [0.3, 0.4) is 0 Å². The molecular formula is C24H27N3O2. The van der Waals surface area contributed by atoms with Crippen LogP contribution in [-0.4, -0.2) is 22.6 Å². The first-order chi connectivity index (χ1) is 14.1. The zero-order valence-corrected chi connectivity index (χ0v) is 17.4. The van der Waals surface area contributed by atoms with Crippen molar-refractivity contribution in [1.82, 2.24) is 9.55 Å². The van der Waals surface area contributed by atoms with E-state index in [1.807, 2.05) is 31.2 Å². The van der Waals surface area contributed by atoms with Gasteiger partial charge >= 0.3 is 5.97 Å². The molecule has 0 saturated carbocycles. The molecule has 1 heterocycles. The summed E-state index contributed by atoms with van der Waals surface area (Å²) in [6.07, 6.45) is 5.33. The van der Waals surface area contributed by atoms with Gasteiger partial charge in [-0.25, -0.2) is 14.6 Å². The number of carbonyl (C=O) groups is 1. The zero-order valence-electron chi connectivity index (χ0n) is 17.4. The molecule has 0 unspecified atom stereocenters. The number of imidazole rings is 1. The van der Waals surface area contributed by atoms with Crippen LogP contribution in [-0.2, 0) is 17.7 Å². The maximum atomic E-state index is 11.9. The number of unbranched alkanes of at least 4 members (excludes halogenated alkanes) is 3. The molecule has 0 spiro atoms. The van der Waals surface area contributed by atoms with Crippen LogP contribution >= 0.6 is 0 Å². The number of hydrogen-bond acceptors (Lipinski definition) is 3. The lowest BCUT2D eigenvalue weighted by atomic mass is 10.1. The highest BCUT2D eigenvalue weighted by Gasteiger charge is 2.14. The van der Waals surface area contributed by atoms with E-state index in [0.717, 1.165) is 41.0 Å². The van der Waals surface area contributed by atoms with Crippen molar-refractivity contribution in [2.75, 3.05) is 7.11 Å². The van der Waals surface area contributed by atoms with E-state index in [9.17, 15) is 4.79 Å². The third kappa shape index (κ3) is 4.65. The van der Waals surface area contributed by atoms with Gasteiger partial charge < -0.3 is 9.30 Å². The van der Waals surface area contributed by atoms with E-state index in [1.165, 1.54) is 26.4 Å². The van der Waals surface area contributed by atoms with E-state index in [2.05, 4.69) is 22.4 Å². The van der Waals surface area contributed by atoms with Gasteiger partial charge in [0.05, 0.1) is 30.3 Å². The van der Waals surface area contributed by atoms with E-state index in [1.54, 1.807) is 6.07 Å². The topological polar surface area (TPSA) is 48.5 Å². The summed E-state index contributed by atoms with van der Waals surface area (Å²) in [6.45, 7) is 12.5. The quantitative estimate of drug-likeness (QED) is 0.276. The Kier molecular flexibility index (Phi) is 6.66. The van der Waals surface area contributed by atoms with Crippen LogP contribution in [0.25, 0.3) is 15.9 Å². The lowest BCUT2D eigenvalue weighted by Gasteiger charge is -2.10. The number of hydrogen-bond donors (Lipinski definition) is 0. The van der Waals surface area contributed by atoms with Crippen molar-refractivity contribution in [2.45, 2.75) is 52.5 Å². The number of benzene rings is 2. The van der Waals surface area contributed by atoms with E-state index in [4.69, 9.17) is 16.3 Å². The molecule has 0 aliphatic rings. The number of nitrogens with zero attached hydrogens (tertiary/aromatic N) is 3. The van der Waals surface area contributed by atoms with Gasteiger partial charge in [-0.3, -0.25) is 0 Å².